The number of aromatic amines is 1. The van der Waals surface area contributed by atoms with Gasteiger partial charge in [0.2, 0.25) is 0 Å². The highest BCUT2D eigenvalue weighted by Gasteiger charge is 2.15. The normalized spacial score (nSPS) is 17.2. The topological polar surface area (TPSA) is 61.0 Å². The number of aryl methyl sites for hydroxylation is 2. The molecule has 1 saturated heterocycles. The summed E-state index contributed by atoms with van der Waals surface area (Å²) in [6.07, 6.45) is 5.26. The monoisotopic (exact) mass is 264 g/mol. The van der Waals surface area contributed by atoms with E-state index in [0.717, 1.165) is 17.9 Å². The third-order valence-electron chi connectivity index (χ3n) is 3.77. The molecule has 1 amide bonds. The van der Waals surface area contributed by atoms with Gasteiger partial charge in [0.1, 0.15) is 0 Å². The number of hydrogen-bond acceptors (Lipinski definition) is 3. The summed E-state index contributed by atoms with van der Waals surface area (Å²) in [4.78, 5) is 14.5. The Balaban J connectivity index is 1.77. The molecule has 2 heterocycles. The Labute approximate surface area is 114 Å². The van der Waals surface area contributed by atoms with Crippen molar-refractivity contribution in [2.75, 3.05) is 26.2 Å². The van der Waals surface area contributed by atoms with Crippen LogP contribution in [-0.2, 0) is 0 Å². The predicted molar refractivity (Wildman–Crippen MR) is 75.3 cm³/mol. The number of nitrogens with one attached hydrogen (secondary N) is 2. The van der Waals surface area contributed by atoms with Gasteiger partial charge in [-0.05, 0) is 39.8 Å². The highest BCUT2D eigenvalue weighted by molar-refractivity contribution is 5.96. The summed E-state index contributed by atoms with van der Waals surface area (Å²) in [7, 11) is 0. The number of carbonyl (C=O) groups excluding carboxylic acids is 1. The lowest BCUT2D eigenvalue weighted by molar-refractivity contribution is 0.0947. The van der Waals surface area contributed by atoms with Crippen LogP contribution in [0, 0.1) is 13.8 Å². The molecule has 1 fully saturated rings. The van der Waals surface area contributed by atoms with Gasteiger partial charge in [-0.1, -0.05) is 12.8 Å². The van der Waals surface area contributed by atoms with Crippen molar-refractivity contribution in [2.24, 2.45) is 0 Å². The number of H-pyrrole nitrogens is 1. The molecular formula is C14H24N4O. The minimum Gasteiger partial charge on any atom is -0.351 e. The molecule has 2 N–H and O–H groups in total. The molecule has 1 aromatic heterocycles. The highest BCUT2D eigenvalue weighted by atomic mass is 16.1. The van der Waals surface area contributed by atoms with Gasteiger partial charge in [-0.15, -0.1) is 0 Å². The maximum Gasteiger partial charge on any atom is 0.255 e. The second-order valence-electron chi connectivity index (χ2n) is 5.32. The average molecular weight is 264 g/mol. The first-order valence-electron chi connectivity index (χ1n) is 7.20. The molecule has 1 aromatic rings. The molecule has 0 atom stereocenters. The van der Waals surface area contributed by atoms with E-state index in [4.69, 9.17) is 0 Å². The van der Waals surface area contributed by atoms with Crippen LogP contribution in [-0.4, -0.2) is 47.2 Å². The lowest BCUT2D eigenvalue weighted by Crippen LogP contribution is -2.35. The first-order chi connectivity index (χ1) is 9.18. The molecule has 0 spiro atoms. The van der Waals surface area contributed by atoms with Crippen LogP contribution in [0.5, 0.6) is 0 Å². The minimum atomic E-state index is -0.0152. The van der Waals surface area contributed by atoms with E-state index >= 15 is 0 Å². The Morgan fingerprint density at radius 3 is 2.53 bits per heavy atom. The average Bonchev–Trinajstić information content (AvgIpc) is 2.60. The van der Waals surface area contributed by atoms with Gasteiger partial charge in [-0.25, -0.2) is 0 Å². The summed E-state index contributed by atoms with van der Waals surface area (Å²) in [5, 5.41) is 9.89. The SMILES string of the molecule is Cc1n[nH]c(C)c1C(=O)NCCN1CCCCCC1. The van der Waals surface area contributed by atoms with Gasteiger partial charge in [0.15, 0.2) is 0 Å². The molecule has 0 aliphatic carbocycles. The molecule has 2 rings (SSSR count). The molecule has 0 saturated carbocycles. The second-order valence-corrected chi connectivity index (χ2v) is 5.32. The number of rotatable bonds is 4. The molecule has 19 heavy (non-hydrogen) atoms. The van der Waals surface area contributed by atoms with E-state index in [1.165, 1.54) is 38.8 Å². The van der Waals surface area contributed by atoms with Gasteiger partial charge in [0.25, 0.3) is 5.91 Å². The molecule has 0 radical (unpaired) electrons. The summed E-state index contributed by atoms with van der Waals surface area (Å²) in [5.74, 6) is -0.0152. The Kier molecular flexibility index (Phi) is 4.96. The van der Waals surface area contributed by atoms with Crippen molar-refractivity contribution in [3.05, 3.63) is 17.0 Å². The van der Waals surface area contributed by atoms with Crippen LogP contribution in [0.2, 0.25) is 0 Å². The van der Waals surface area contributed by atoms with Crippen molar-refractivity contribution in [3.8, 4) is 0 Å². The van der Waals surface area contributed by atoms with E-state index in [9.17, 15) is 4.79 Å². The summed E-state index contributed by atoms with van der Waals surface area (Å²) >= 11 is 0. The standard InChI is InChI=1S/C14H24N4O/c1-11-13(12(2)17-16-11)14(19)15-7-10-18-8-5-3-4-6-9-18/h3-10H2,1-2H3,(H,15,19)(H,16,17). The van der Waals surface area contributed by atoms with Crippen LogP contribution in [0.3, 0.4) is 0 Å². The Morgan fingerprint density at radius 1 is 1.26 bits per heavy atom. The van der Waals surface area contributed by atoms with Crippen molar-refractivity contribution in [2.45, 2.75) is 39.5 Å². The maximum atomic E-state index is 12.1. The third-order valence-corrected chi connectivity index (χ3v) is 3.77. The van der Waals surface area contributed by atoms with Gasteiger partial charge in [-0.2, -0.15) is 5.10 Å². The number of nitrogens with zero attached hydrogens (tertiary/aromatic N) is 2. The zero-order valence-corrected chi connectivity index (χ0v) is 12.0. The third kappa shape index (κ3) is 3.80. The van der Waals surface area contributed by atoms with Crippen molar-refractivity contribution in [1.29, 1.82) is 0 Å². The van der Waals surface area contributed by atoms with Gasteiger partial charge in [0.05, 0.1) is 11.3 Å². The highest BCUT2D eigenvalue weighted by Crippen LogP contribution is 2.10. The van der Waals surface area contributed by atoms with Crippen LogP contribution >= 0.6 is 0 Å². The zero-order chi connectivity index (χ0) is 13.7. The number of aromatic nitrogens is 2. The first kappa shape index (κ1) is 14.1. The first-order valence-corrected chi connectivity index (χ1v) is 7.20. The minimum absolute atomic E-state index is 0.0152. The molecule has 0 bridgehead atoms. The molecule has 1 aliphatic rings. The Bertz CT molecular complexity index is 400. The van der Waals surface area contributed by atoms with E-state index in [-0.39, 0.29) is 5.91 Å². The second kappa shape index (κ2) is 6.70. The summed E-state index contributed by atoms with van der Waals surface area (Å²) in [6, 6.07) is 0. The van der Waals surface area contributed by atoms with E-state index < -0.39 is 0 Å². The molecule has 1 aliphatic heterocycles. The Hall–Kier alpha value is -1.36. The van der Waals surface area contributed by atoms with Gasteiger partial charge < -0.3 is 10.2 Å². The number of carbonyl (C=O) groups is 1. The zero-order valence-electron chi connectivity index (χ0n) is 12.0. The predicted octanol–water partition coefficient (Wildman–Crippen LogP) is 1.63. The van der Waals surface area contributed by atoms with Crippen molar-refractivity contribution < 1.29 is 4.79 Å². The van der Waals surface area contributed by atoms with Crippen LogP contribution in [0.4, 0.5) is 0 Å². The molecule has 0 unspecified atom stereocenters. The molecule has 5 heteroatoms. The fourth-order valence-electron chi connectivity index (χ4n) is 2.66. The molecular weight excluding hydrogens is 240 g/mol. The van der Waals surface area contributed by atoms with E-state index in [1.807, 2.05) is 13.8 Å². The van der Waals surface area contributed by atoms with Crippen molar-refractivity contribution in [3.63, 3.8) is 0 Å². The lowest BCUT2D eigenvalue weighted by Gasteiger charge is -2.19. The summed E-state index contributed by atoms with van der Waals surface area (Å²) in [6.45, 7) is 7.72. The number of hydrogen-bond donors (Lipinski definition) is 2. The number of likely N-dealkylation sites (tertiary alicyclic amines) is 1. The van der Waals surface area contributed by atoms with Crippen LogP contribution in [0.25, 0.3) is 0 Å². The fraction of sp³-hybridized carbons (Fsp3) is 0.714. The summed E-state index contributed by atoms with van der Waals surface area (Å²) in [5.41, 5.74) is 2.30. The van der Waals surface area contributed by atoms with Crippen LogP contribution in [0.15, 0.2) is 0 Å². The van der Waals surface area contributed by atoms with E-state index in [1.54, 1.807) is 0 Å². The van der Waals surface area contributed by atoms with E-state index in [2.05, 4.69) is 20.4 Å². The Morgan fingerprint density at radius 2 is 1.95 bits per heavy atom. The molecule has 0 aromatic carbocycles. The van der Waals surface area contributed by atoms with Crippen LogP contribution in [0.1, 0.15) is 47.4 Å². The van der Waals surface area contributed by atoms with E-state index in [0.29, 0.717) is 12.1 Å². The van der Waals surface area contributed by atoms with Crippen LogP contribution < -0.4 is 5.32 Å². The smallest absolute Gasteiger partial charge is 0.255 e. The summed E-state index contributed by atoms with van der Waals surface area (Å²) < 4.78 is 0. The van der Waals surface area contributed by atoms with Crippen molar-refractivity contribution in [1.82, 2.24) is 20.4 Å². The lowest BCUT2D eigenvalue weighted by atomic mass is 10.2. The molecule has 106 valence electrons. The van der Waals surface area contributed by atoms with Crippen molar-refractivity contribution >= 4 is 5.91 Å². The fourth-order valence-corrected chi connectivity index (χ4v) is 2.66. The van der Waals surface area contributed by atoms with Gasteiger partial charge >= 0.3 is 0 Å². The van der Waals surface area contributed by atoms with Gasteiger partial charge in [-0.3, -0.25) is 9.89 Å². The molecule has 5 nitrogen and oxygen atoms in total. The number of amides is 1. The quantitative estimate of drug-likeness (QED) is 0.869. The van der Waals surface area contributed by atoms with Gasteiger partial charge in [0, 0.05) is 18.8 Å². The largest absolute Gasteiger partial charge is 0.351 e. The maximum absolute atomic E-state index is 12.1.